The standard InChI is InChI=1S/C46H32N2O3/c1-2-11-27(12-3-1)38-26-39(36-19-9-17-34-31-14-5-7-22-41(31)50-44(34)36)48-46(47-38)37-20-10-18-35-32-24-23-28(25-42(32)51-45(35)37)29-15-8-16-33-30-13-4-6-21-40(30)49-43(29)33/h1-11,13-27,34,44,46,48H,12H2. The van der Waals surface area contributed by atoms with Crippen LogP contribution in [0, 0.1) is 5.92 Å². The first-order valence-electron chi connectivity index (χ1n) is 17.7. The second-order valence-electron chi connectivity index (χ2n) is 13.7. The van der Waals surface area contributed by atoms with Crippen molar-refractivity contribution in [3.05, 3.63) is 174 Å². The molecule has 0 saturated carbocycles. The van der Waals surface area contributed by atoms with Gasteiger partial charge in [0.1, 0.15) is 40.4 Å². The Balaban J connectivity index is 1.01. The van der Waals surface area contributed by atoms with Crippen LogP contribution in [0.3, 0.4) is 0 Å². The van der Waals surface area contributed by atoms with Crippen molar-refractivity contribution >= 4 is 49.6 Å². The minimum absolute atomic E-state index is 0.107. The highest BCUT2D eigenvalue weighted by Crippen LogP contribution is 2.46. The molecule has 51 heavy (non-hydrogen) atoms. The zero-order valence-corrected chi connectivity index (χ0v) is 27.6. The van der Waals surface area contributed by atoms with Crippen LogP contribution in [0.2, 0.25) is 0 Å². The van der Waals surface area contributed by atoms with E-state index in [9.17, 15) is 0 Å². The molecule has 11 rings (SSSR count). The fourth-order valence-electron chi connectivity index (χ4n) is 8.36. The number of rotatable bonds is 4. The number of nitrogens with one attached hydrogen (secondary N) is 1. The lowest BCUT2D eigenvalue weighted by molar-refractivity contribution is 0.256. The number of fused-ring (bicyclic) bond motifs is 9. The van der Waals surface area contributed by atoms with Gasteiger partial charge in [0.25, 0.3) is 0 Å². The normalized spacial score (nSPS) is 22.1. The maximum atomic E-state index is 6.81. The molecular weight excluding hydrogens is 629 g/mol. The Morgan fingerprint density at radius 3 is 2.41 bits per heavy atom. The zero-order valence-electron chi connectivity index (χ0n) is 27.6. The SMILES string of the molecule is C1=CCC(C2=NC(c3cccc4c3oc3cc(-c5cccc6c5oc5ccccc56)ccc34)NC(C3=CC=CC4c5ccccc5OC34)=C2)C=C1. The Kier molecular flexibility index (Phi) is 6.20. The first-order chi connectivity index (χ1) is 25.3. The van der Waals surface area contributed by atoms with E-state index >= 15 is 0 Å². The fourth-order valence-corrected chi connectivity index (χ4v) is 8.36. The van der Waals surface area contributed by atoms with Gasteiger partial charge in [-0.25, -0.2) is 0 Å². The van der Waals surface area contributed by atoms with Crippen molar-refractivity contribution < 1.29 is 13.6 Å². The van der Waals surface area contributed by atoms with Crippen molar-refractivity contribution in [1.29, 1.82) is 0 Å². The summed E-state index contributed by atoms with van der Waals surface area (Å²) < 4.78 is 19.8. The molecule has 1 N–H and O–H groups in total. The molecule has 244 valence electrons. The zero-order chi connectivity index (χ0) is 33.5. The minimum atomic E-state index is -0.346. The number of para-hydroxylation sites is 4. The summed E-state index contributed by atoms with van der Waals surface area (Å²) in [6.45, 7) is 0. The van der Waals surface area contributed by atoms with E-state index in [4.69, 9.17) is 18.6 Å². The molecule has 2 aromatic heterocycles. The van der Waals surface area contributed by atoms with Crippen molar-refractivity contribution in [2.45, 2.75) is 24.6 Å². The quantitative estimate of drug-likeness (QED) is 0.204. The van der Waals surface area contributed by atoms with Crippen LogP contribution in [0.4, 0.5) is 0 Å². The maximum Gasteiger partial charge on any atom is 0.148 e. The van der Waals surface area contributed by atoms with Crippen LogP contribution < -0.4 is 10.1 Å². The Morgan fingerprint density at radius 1 is 0.667 bits per heavy atom. The van der Waals surface area contributed by atoms with Crippen LogP contribution in [0.1, 0.15) is 29.6 Å². The summed E-state index contributed by atoms with van der Waals surface area (Å²) in [4.78, 5) is 5.37. The van der Waals surface area contributed by atoms with E-state index in [1.165, 1.54) is 5.56 Å². The molecule has 0 bridgehead atoms. The monoisotopic (exact) mass is 660 g/mol. The van der Waals surface area contributed by atoms with Gasteiger partial charge >= 0.3 is 0 Å². The maximum absolute atomic E-state index is 6.81. The molecule has 5 nitrogen and oxygen atoms in total. The van der Waals surface area contributed by atoms with Crippen LogP contribution >= 0.6 is 0 Å². The van der Waals surface area contributed by atoms with Crippen molar-refractivity contribution in [3.63, 3.8) is 0 Å². The van der Waals surface area contributed by atoms with Crippen LogP contribution in [-0.2, 0) is 0 Å². The van der Waals surface area contributed by atoms with Gasteiger partial charge in [0.15, 0.2) is 0 Å². The Bertz CT molecular complexity index is 2770. The molecule has 4 aliphatic rings. The topological polar surface area (TPSA) is 59.9 Å². The summed E-state index contributed by atoms with van der Waals surface area (Å²) in [7, 11) is 0. The molecule has 0 radical (unpaired) electrons. The third kappa shape index (κ3) is 4.44. The van der Waals surface area contributed by atoms with Crippen LogP contribution in [0.5, 0.6) is 5.75 Å². The lowest BCUT2D eigenvalue weighted by atomic mass is 9.84. The highest BCUT2D eigenvalue weighted by molar-refractivity contribution is 6.11. The van der Waals surface area contributed by atoms with Gasteiger partial charge in [0.05, 0.1) is 0 Å². The highest BCUT2D eigenvalue weighted by Gasteiger charge is 2.39. The van der Waals surface area contributed by atoms with Gasteiger partial charge in [-0.3, -0.25) is 4.99 Å². The van der Waals surface area contributed by atoms with E-state index in [0.29, 0.717) is 0 Å². The number of hydrogen-bond donors (Lipinski definition) is 1. The summed E-state index contributed by atoms with van der Waals surface area (Å²) in [5.41, 5.74) is 11.0. The number of aliphatic imine (C=N–C) groups is 1. The summed E-state index contributed by atoms with van der Waals surface area (Å²) in [6.07, 6.45) is 18.0. The van der Waals surface area contributed by atoms with Crippen molar-refractivity contribution in [3.8, 4) is 16.9 Å². The molecule has 4 heterocycles. The lowest BCUT2D eigenvalue weighted by Gasteiger charge is -2.31. The molecule has 2 aliphatic carbocycles. The summed E-state index contributed by atoms with van der Waals surface area (Å²) in [5.74, 6) is 1.31. The third-order valence-corrected chi connectivity index (χ3v) is 10.8. The van der Waals surface area contributed by atoms with Crippen LogP contribution in [0.25, 0.3) is 55.0 Å². The Morgan fingerprint density at radius 2 is 1.47 bits per heavy atom. The molecule has 5 heteroatoms. The molecule has 0 fully saturated rings. The van der Waals surface area contributed by atoms with Crippen LogP contribution in [-0.4, -0.2) is 11.8 Å². The van der Waals surface area contributed by atoms with E-state index in [1.54, 1.807) is 0 Å². The molecule has 0 saturated heterocycles. The van der Waals surface area contributed by atoms with E-state index in [-0.39, 0.29) is 24.1 Å². The minimum Gasteiger partial charge on any atom is -0.484 e. The fraction of sp³-hybridized carbons (Fsp3) is 0.109. The number of ether oxygens (including phenoxy) is 1. The average Bonchev–Trinajstić information content (AvgIpc) is 3.89. The van der Waals surface area contributed by atoms with Gasteiger partial charge in [0, 0.05) is 67.1 Å². The second-order valence-corrected chi connectivity index (χ2v) is 13.7. The van der Waals surface area contributed by atoms with Crippen molar-refractivity contribution in [2.75, 3.05) is 0 Å². The van der Waals surface area contributed by atoms with E-state index in [1.807, 2.05) is 18.2 Å². The summed E-state index contributed by atoms with van der Waals surface area (Å²) >= 11 is 0. The molecule has 2 aliphatic heterocycles. The Hall–Kier alpha value is -6.33. The van der Waals surface area contributed by atoms with Gasteiger partial charge in [0.2, 0.25) is 0 Å². The summed E-state index contributed by atoms with van der Waals surface area (Å²) in [6, 6.07) is 35.8. The van der Waals surface area contributed by atoms with Gasteiger partial charge in [-0.15, -0.1) is 0 Å². The summed E-state index contributed by atoms with van der Waals surface area (Å²) in [5, 5.41) is 8.21. The predicted molar refractivity (Wildman–Crippen MR) is 205 cm³/mol. The predicted octanol–water partition coefficient (Wildman–Crippen LogP) is 11.3. The first-order valence-corrected chi connectivity index (χ1v) is 17.7. The molecule has 4 unspecified atom stereocenters. The molecule has 4 atom stereocenters. The molecule has 5 aromatic carbocycles. The number of nitrogens with zero attached hydrogens (tertiary/aromatic N) is 1. The molecular formula is C46H32N2O3. The van der Waals surface area contributed by atoms with E-state index in [0.717, 1.165) is 89.7 Å². The van der Waals surface area contributed by atoms with Crippen molar-refractivity contribution in [1.82, 2.24) is 5.32 Å². The lowest BCUT2D eigenvalue weighted by Crippen LogP contribution is -2.34. The van der Waals surface area contributed by atoms with Crippen LogP contribution in [0.15, 0.2) is 177 Å². The second kappa shape index (κ2) is 11.1. The number of benzene rings is 5. The Labute approximate surface area is 294 Å². The largest absolute Gasteiger partial charge is 0.484 e. The third-order valence-electron chi connectivity index (χ3n) is 10.8. The molecule has 7 aromatic rings. The average molecular weight is 661 g/mol. The van der Waals surface area contributed by atoms with E-state index < -0.39 is 0 Å². The highest BCUT2D eigenvalue weighted by atomic mass is 16.5. The first kappa shape index (κ1) is 28.5. The van der Waals surface area contributed by atoms with Crippen molar-refractivity contribution in [2.24, 2.45) is 10.9 Å². The smallest absolute Gasteiger partial charge is 0.148 e. The molecule has 0 amide bonds. The van der Waals surface area contributed by atoms with Gasteiger partial charge in [-0.2, -0.15) is 0 Å². The van der Waals surface area contributed by atoms with Gasteiger partial charge < -0.3 is 18.9 Å². The van der Waals surface area contributed by atoms with E-state index in [2.05, 4.69) is 139 Å². The van der Waals surface area contributed by atoms with Gasteiger partial charge in [-0.05, 0) is 42.3 Å². The number of furan rings is 2. The number of allylic oxidation sites excluding steroid dienone is 7. The van der Waals surface area contributed by atoms with Gasteiger partial charge in [-0.1, -0.05) is 121 Å². The number of hydrogen-bond acceptors (Lipinski definition) is 5. The molecule has 0 spiro atoms.